The molecule has 5 nitrogen and oxygen atoms in total. The fourth-order valence-electron chi connectivity index (χ4n) is 2.72. The lowest BCUT2D eigenvalue weighted by Gasteiger charge is -2.41. The first-order valence-corrected chi connectivity index (χ1v) is 8.46. The Kier molecular flexibility index (Phi) is 4.00. The number of aromatic nitrogens is 1. The second kappa shape index (κ2) is 5.41. The van der Waals surface area contributed by atoms with Gasteiger partial charge in [0.05, 0.1) is 16.1 Å². The van der Waals surface area contributed by atoms with Gasteiger partial charge in [0.15, 0.2) is 9.84 Å². The van der Waals surface area contributed by atoms with Crippen molar-refractivity contribution in [2.24, 2.45) is 0 Å². The molecule has 1 aliphatic heterocycles. The summed E-state index contributed by atoms with van der Waals surface area (Å²) in [5.74, 6) is 0.904. The van der Waals surface area contributed by atoms with Crippen LogP contribution in [0.15, 0.2) is 18.3 Å². The van der Waals surface area contributed by atoms with Gasteiger partial charge in [0.1, 0.15) is 11.9 Å². The minimum atomic E-state index is -3.06. The van der Waals surface area contributed by atoms with Gasteiger partial charge in [-0.05, 0) is 25.0 Å². The van der Waals surface area contributed by atoms with Crippen molar-refractivity contribution in [1.29, 1.82) is 5.26 Å². The molecular formula is C14H19N3O2S. The molecule has 0 radical (unpaired) electrons. The minimum Gasteiger partial charge on any atom is -0.354 e. The predicted molar refractivity (Wildman–Crippen MR) is 78.3 cm³/mol. The molecule has 0 amide bonds. The van der Waals surface area contributed by atoms with Crippen LogP contribution in [0.25, 0.3) is 0 Å². The largest absolute Gasteiger partial charge is 0.354 e. The molecule has 0 atom stereocenters. The number of nitriles is 1. The number of hydrogen-bond donors (Lipinski definition) is 0. The molecule has 0 N–H and O–H groups in total. The Bertz CT molecular complexity index is 613. The van der Waals surface area contributed by atoms with Crippen LogP contribution in [0.4, 0.5) is 5.82 Å². The van der Waals surface area contributed by atoms with Crippen molar-refractivity contribution in [3.8, 4) is 6.07 Å². The van der Waals surface area contributed by atoms with E-state index in [4.69, 9.17) is 5.26 Å². The van der Waals surface area contributed by atoms with E-state index in [2.05, 4.69) is 4.98 Å². The summed E-state index contributed by atoms with van der Waals surface area (Å²) in [7, 11) is -3.06. The topological polar surface area (TPSA) is 74.1 Å². The highest BCUT2D eigenvalue weighted by molar-refractivity contribution is 7.92. The Morgan fingerprint density at radius 3 is 2.60 bits per heavy atom. The zero-order chi connectivity index (χ0) is 14.8. The molecule has 0 spiro atoms. The molecule has 0 aliphatic carbocycles. The molecule has 6 heteroatoms. The molecule has 1 aromatic rings. The summed E-state index contributed by atoms with van der Waals surface area (Å²) >= 11 is 0. The summed E-state index contributed by atoms with van der Waals surface area (Å²) < 4.78 is 24.0. The molecule has 2 heterocycles. The van der Waals surface area contributed by atoms with Gasteiger partial charge in [-0.2, -0.15) is 5.26 Å². The van der Waals surface area contributed by atoms with Crippen LogP contribution in [-0.4, -0.2) is 37.0 Å². The molecule has 2 rings (SSSR count). The van der Waals surface area contributed by atoms with Gasteiger partial charge in [0.25, 0.3) is 0 Å². The van der Waals surface area contributed by atoms with Crippen LogP contribution in [0.5, 0.6) is 0 Å². The highest BCUT2D eigenvalue weighted by Crippen LogP contribution is 2.33. The van der Waals surface area contributed by atoms with E-state index in [1.54, 1.807) is 12.1 Å². The van der Waals surface area contributed by atoms with Crippen molar-refractivity contribution in [3.63, 3.8) is 0 Å². The molecule has 0 bridgehead atoms. The van der Waals surface area contributed by atoms with Crippen molar-refractivity contribution >= 4 is 15.7 Å². The van der Waals surface area contributed by atoms with E-state index in [1.165, 1.54) is 6.20 Å². The Morgan fingerprint density at radius 2 is 2.10 bits per heavy atom. The Balaban J connectivity index is 2.30. The monoisotopic (exact) mass is 293 g/mol. The third-order valence-corrected chi connectivity index (χ3v) is 7.00. The first-order valence-electron chi connectivity index (χ1n) is 6.81. The van der Waals surface area contributed by atoms with E-state index in [0.29, 0.717) is 31.5 Å². The summed E-state index contributed by atoms with van der Waals surface area (Å²) in [4.78, 5) is 6.27. The van der Waals surface area contributed by atoms with Crippen LogP contribution in [-0.2, 0) is 9.84 Å². The maximum absolute atomic E-state index is 12.4. The minimum absolute atomic E-state index is 0.163. The van der Waals surface area contributed by atoms with Gasteiger partial charge in [-0.1, -0.05) is 13.8 Å². The molecule has 1 saturated heterocycles. The summed E-state index contributed by atoms with van der Waals surface area (Å²) in [6.45, 7) is 4.79. The van der Waals surface area contributed by atoms with Gasteiger partial charge in [0, 0.05) is 19.3 Å². The highest BCUT2D eigenvalue weighted by Gasteiger charge is 2.45. The molecule has 1 aliphatic rings. The van der Waals surface area contributed by atoms with Gasteiger partial charge in [0.2, 0.25) is 0 Å². The number of nitrogens with zero attached hydrogens (tertiary/aromatic N) is 3. The average molecular weight is 293 g/mol. The maximum Gasteiger partial charge on any atom is 0.159 e. The molecule has 20 heavy (non-hydrogen) atoms. The van der Waals surface area contributed by atoms with Crippen LogP contribution in [0.2, 0.25) is 0 Å². The lowest BCUT2D eigenvalue weighted by atomic mass is 10.0. The van der Waals surface area contributed by atoms with Crippen LogP contribution < -0.4 is 4.90 Å². The molecule has 0 unspecified atom stereocenters. The molecule has 1 aromatic heterocycles. The van der Waals surface area contributed by atoms with Crippen LogP contribution in [0.1, 0.15) is 32.3 Å². The Labute approximate surface area is 120 Å². The van der Waals surface area contributed by atoms with Gasteiger partial charge in [-0.15, -0.1) is 0 Å². The second-order valence-electron chi connectivity index (χ2n) is 5.15. The van der Waals surface area contributed by atoms with E-state index in [9.17, 15) is 8.42 Å². The maximum atomic E-state index is 12.4. The predicted octanol–water partition coefficient (Wildman–Crippen LogP) is 1.75. The van der Waals surface area contributed by atoms with Gasteiger partial charge < -0.3 is 4.90 Å². The van der Waals surface area contributed by atoms with E-state index in [-0.39, 0.29) is 5.75 Å². The number of anilines is 1. The standard InChI is InChI=1S/C14H19N3O2S/c1-3-14(4-2)11-17(7-8-20(14,18)19)13-6-5-12(9-15)10-16-13/h5-6,10H,3-4,7-8,11H2,1-2H3. The quantitative estimate of drug-likeness (QED) is 0.848. The highest BCUT2D eigenvalue weighted by atomic mass is 32.2. The summed E-state index contributed by atoms with van der Waals surface area (Å²) in [6.07, 6.45) is 2.75. The van der Waals surface area contributed by atoms with Gasteiger partial charge >= 0.3 is 0 Å². The summed E-state index contributed by atoms with van der Waals surface area (Å²) in [5, 5.41) is 8.78. The first kappa shape index (κ1) is 14.8. The molecule has 0 saturated carbocycles. The van der Waals surface area contributed by atoms with Crippen molar-refractivity contribution in [3.05, 3.63) is 23.9 Å². The number of sulfone groups is 1. The van der Waals surface area contributed by atoms with E-state index in [1.807, 2.05) is 24.8 Å². The smallest absolute Gasteiger partial charge is 0.159 e. The number of hydrogen-bond acceptors (Lipinski definition) is 5. The number of rotatable bonds is 3. The molecule has 108 valence electrons. The normalized spacial score (nSPS) is 20.4. The number of pyridine rings is 1. The lowest BCUT2D eigenvalue weighted by Crippen LogP contribution is -2.56. The zero-order valence-electron chi connectivity index (χ0n) is 11.8. The van der Waals surface area contributed by atoms with Crippen LogP contribution >= 0.6 is 0 Å². The van der Waals surface area contributed by atoms with E-state index >= 15 is 0 Å². The van der Waals surface area contributed by atoms with E-state index < -0.39 is 14.6 Å². The fraction of sp³-hybridized carbons (Fsp3) is 0.571. The third-order valence-electron chi connectivity index (χ3n) is 4.26. The summed E-state index contributed by atoms with van der Waals surface area (Å²) in [5.41, 5.74) is 0.510. The molecular weight excluding hydrogens is 274 g/mol. The SMILES string of the molecule is CCC1(CC)CN(c2ccc(C#N)cn2)CCS1(=O)=O. The van der Waals surface area contributed by atoms with Crippen molar-refractivity contribution in [2.45, 2.75) is 31.4 Å². The third kappa shape index (κ3) is 2.38. The van der Waals surface area contributed by atoms with Crippen molar-refractivity contribution < 1.29 is 8.42 Å². The molecule has 1 fully saturated rings. The van der Waals surface area contributed by atoms with Crippen molar-refractivity contribution in [1.82, 2.24) is 4.98 Å². The Hall–Kier alpha value is -1.61. The zero-order valence-corrected chi connectivity index (χ0v) is 12.7. The Morgan fingerprint density at radius 1 is 1.40 bits per heavy atom. The summed E-state index contributed by atoms with van der Waals surface area (Å²) in [6, 6.07) is 5.53. The van der Waals surface area contributed by atoms with Crippen LogP contribution in [0.3, 0.4) is 0 Å². The molecule has 0 aromatic carbocycles. The van der Waals surface area contributed by atoms with Crippen molar-refractivity contribution in [2.75, 3.05) is 23.7 Å². The van der Waals surface area contributed by atoms with Crippen LogP contribution in [0, 0.1) is 11.3 Å². The second-order valence-corrected chi connectivity index (χ2v) is 7.65. The first-order chi connectivity index (χ1) is 9.48. The van der Waals surface area contributed by atoms with E-state index in [0.717, 1.165) is 5.82 Å². The average Bonchev–Trinajstić information content (AvgIpc) is 2.47. The fourth-order valence-corrected chi connectivity index (χ4v) is 4.85. The lowest BCUT2D eigenvalue weighted by molar-refractivity contribution is 0.457. The van der Waals surface area contributed by atoms with Gasteiger partial charge in [-0.25, -0.2) is 13.4 Å². The van der Waals surface area contributed by atoms with Gasteiger partial charge in [-0.3, -0.25) is 0 Å².